The van der Waals surface area contributed by atoms with Crippen molar-refractivity contribution in [3.63, 3.8) is 0 Å². The van der Waals surface area contributed by atoms with Crippen molar-refractivity contribution >= 4 is 23.0 Å². The topological polar surface area (TPSA) is 104 Å². The summed E-state index contributed by atoms with van der Waals surface area (Å²) in [6.07, 6.45) is 0.846. The van der Waals surface area contributed by atoms with Crippen LogP contribution in [0.2, 0.25) is 0 Å². The molecule has 0 spiro atoms. The van der Waals surface area contributed by atoms with Crippen LogP contribution in [0.1, 0.15) is 25.8 Å². The molecule has 0 bridgehead atoms. The molecule has 0 fully saturated rings. The minimum atomic E-state index is -0.923. The van der Waals surface area contributed by atoms with E-state index in [0.29, 0.717) is 12.2 Å². The first kappa shape index (κ1) is 25.5. The van der Waals surface area contributed by atoms with Crippen molar-refractivity contribution in [3.05, 3.63) is 101 Å². The van der Waals surface area contributed by atoms with Gasteiger partial charge in [-0.1, -0.05) is 62.4 Å². The van der Waals surface area contributed by atoms with E-state index in [0.717, 1.165) is 5.56 Å². The fourth-order valence-corrected chi connectivity index (χ4v) is 3.62. The number of amides is 1. The monoisotopic (exact) mass is 501 g/mol. The molecule has 8 nitrogen and oxygen atoms in total. The highest BCUT2D eigenvalue weighted by atomic mass is 16.6. The van der Waals surface area contributed by atoms with Gasteiger partial charge in [0.05, 0.1) is 5.39 Å². The minimum absolute atomic E-state index is 0.0404. The van der Waals surface area contributed by atoms with Crippen molar-refractivity contribution in [3.8, 4) is 17.2 Å². The normalized spacial score (nSPS) is 11.6. The zero-order valence-electron chi connectivity index (χ0n) is 20.5. The molecule has 4 aromatic rings. The molecule has 0 aliphatic carbocycles. The lowest BCUT2D eigenvalue weighted by molar-refractivity contribution is -0.137. The summed E-state index contributed by atoms with van der Waals surface area (Å²) in [5.74, 6) is 0.163. The molecule has 1 aromatic heterocycles. The standard InChI is InChI=1S/C29H27NO7/c1-19(2)15-24(30-29(33)35-17-20-9-5-3-6-10-20)28(32)37-22-13-14-23-25(16-22)34-18-26(27(23)31)36-21-11-7-4-8-12-21/h3-14,16,18-19,24H,15,17H2,1-2H3,(H,30,33)/t24-/m0/s1. The maximum absolute atomic E-state index is 12.9. The number of carbonyl (C=O) groups excluding carboxylic acids is 2. The van der Waals surface area contributed by atoms with E-state index in [9.17, 15) is 14.4 Å². The van der Waals surface area contributed by atoms with Gasteiger partial charge in [-0.05, 0) is 42.2 Å². The van der Waals surface area contributed by atoms with Crippen LogP contribution in [-0.2, 0) is 16.1 Å². The fraction of sp³-hybridized carbons (Fsp3) is 0.207. The summed E-state index contributed by atoms with van der Waals surface area (Å²) in [6, 6.07) is 21.6. The van der Waals surface area contributed by atoms with Gasteiger partial charge in [-0.2, -0.15) is 0 Å². The van der Waals surface area contributed by atoms with E-state index >= 15 is 0 Å². The molecule has 0 aliphatic rings. The Morgan fingerprint density at radius 3 is 2.32 bits per heavy atom. The SMILES string of the molecule is CC(C)C[C@H](NC(=O)OCc1ccccc1)C(=O)Oc1ccc2c(=O)c(Oc3ccccc3)coc2c1. The predicted molar refractivity (Wildman–Crippen MR) is 138 cm³/mol. The lowest BCUT2D eigenvalue weighted by Crippen LogP contribution is -2.44. The number of ether oxygens (including phenoxy) is 3. The summed E-state index contributed by atoms with van der Waals surface area (Å²) >= 11 is 0. The van der Waals surface area contributed by atoms with Crippen LogP contribution >= 0.6 is 0 Å². The van der Waals surface area contributed by atoms with Crippen molar-refractivity contribution in [2.75, 3.05) is 0 Å². The Bertz CT molecular complexity index is 1410. The van der Waals surface area contributed by atoms with E-state index in [2.05, 4.69) is 5.32 Å². The number of carbonyl (C=O) groups is 2. The summed E-state index contributed by atoms with van der Waals surface area (Å²) in [7, 11) is 0. The van der Waals surface area contributed by atoms with E-state index in [1.807, 2.05) is 50.2 Å². The van der Waals surface area contributed by atoms with Crippen molar-refractivity contribution in [1.29, 1.82) is 0 Å². The Morgan fingerprint density at radius 1 is 0.919 bits per heavy atom. The van der Waals surface area contributed by atoms with Crippen LogP contribution in [-0.4, -0.2) is 18.1 Å². The van der Waals surface area contributed by atoms with Crippen LogP contribution < -0.4 is 20.2 Å². The molecule has 0 saturated heterocycles. The first-order valence-corrected chi connectivity index (χ1v) is 11.9. The molecule has 37 heavy (non-hydrogen) atoms. The fourth-order valence-electron chi connectivity index (χ4n) is 3.62. The number of nitrogens with one attached hydrogen (secondary N) is 1. The van der Waals surface area contributed by atoms with Crippen molar-refractivity contribution in [1.82, 2.24) is 5.32 Å². The predicted octanol–water partition coefficient (Wildman–Crippen LogP) is 5.83. The summed E-state index contributed by atoms with van der Waals surface area (Å²) in [5.41, 5.74) is 0.700. The number of rotatable bonds is 9. The molecule has 0 aliphatic heterocycles. The molecule has 3 aromatic carbocycles. The minimum Gasteiger partial charge on any atom is -0.460 e. The number of benzene rings is 3. The summed E-state index contributed by atoms with van der Waals surface area (Å²) in [4.78, 5) is 38.1. The van der Waals surface area contributed by atoms with Crippen LogP contribution in [0.15, 0.2) is 94.3 Å². The van der Waals surface area contributed by atoms with Crippen LogP contribution in [0.4, 0.5) is 4.79 Å². The maximum Gasteiger partial charge on any atom is 0.408 e. The summed E-state index contributed by atoms with van der Waals surface area (Å²) < 4.78 is 22.0. The molecular formula is C29H27NO7. The largest absolute Gasteiger partial charge is 0.460 e. The van der Waals surface area contributed by atoms with Gasteiger partial charge in [-0.25, -0.2) is 9.59 Å². The molecule has 8 heteroatoms. The van der Waals surface area contributed by atoms with Gasteiger partial charge < -0.3 is 23.9 Å². The van der Waals surface area contributed by atoms with Crippen molar-refractivity contribution < 1.29 is 28.2 Å². The molecule has 4 rings (SSSR count). The first-order chi connectivity index (χ1) is 17.9. The zero-order chi connectivity index (χ0) is 26.2. The molecule has 1 amide bonds. The smallest absolute Gasteiger partial charge is 0.408 e. The van der Waals surface area contributed by atoms with Crippen molar-refractivity contribution in [2.24, 2.45) is 5.92 Å². The van der Waals surface area contributed by atoms with Crippen molar-refractivity contribution in [2.45, 2.75) is 32.9 Å². The average Bonchev–Trinajstić information content (AvgIpc) is 2.90. The Labute approximate surface area is 213 Å². The highest BCUT2D eigenvalue weighted by Gasteiger charge is 2.25. The van der Waals surface area contributed by atoms with Gasteiger partial charge in [0.25, 0.3) is 0 Å². The Kier molecular flexibility index (Phi) is 8.20. The quantitative estimate of drug-likeness (QED) is 0.227. The van der Waals surface area contributed by atoms with E-state index in [-0.39, 0.29) is 40.4 Å². The van der Waals surface area contributed by atoms with Gasteiger partial charge in [-0.15, -0.1) is 0 Å². The number of esters is 1. The van der Waals surface area contributed by atoms with Crippen LogP contribution in [0.25, 0.3) is 11.0 Å². The Morgan fingerprint density at radius 2 is 1.62 bits per heavy atom. The highest BCUT2D eigenvalue weighted by molar-refractivity contribution is 5.84. The van der Waals surface area contributed by atoms with Gasteiger partial charge in [0.15, 0.2) is 0 Å². The molecule has 1 atom stereocenters. The molecule has 1 N–H and O–H groups in total. The van der Waals surface area contributed by atoms with Gasteiger partial charge in [0.2, 0.25) is 11.2 Å². The van der Waals surface area contributed by atoms with Crippen LogP contribution in [0.5, 0.6) is 17.2 Å². The average molecular weight is 502 g/mol. The Balaban J connectivity index is 1.44. The number of hydrogen-bond acceptors (Lipinski definition) is 7. The van der Waals surface area contributed by atoms with Gasteiger partial charge >= 0.3 is 12.1 Å². The second-order valence-electron chi connectivity index (χ2n) is 8.81. The second kappa shape index (κ2) is 11.9. The van der Waals surface area contributed by atoms with Gasteiger partial charge in [0, 0.05) is 6.07 Å². The number of hydrogen-bond donors (Lipinski definition) is 1. The molecule has 1 heterocycles. The summed E-state index contributed by atoms with van der Waals surface area (Å²) in [5, 5.41) is 2.86. The molecule has 190 valence electrons. The van der Waals surface area contributed by atoms with E-state index < -0.39 is 18.1 Å². The lowest BCUT2D eigenvalue weighted by atomic mass is 10.0. The number of fused-ring (bicyclic) bond motifs is 1. The molecule has 0 saturated carbocycles. The van der Waals surface area contributed by atoms with Gasteiger partial charge in [-0.3, -0.25) is 4.79 Å². The highest BCUT2D eigenvalue weighted by Crippen LogP contribution is 2.24. The third-order valence-corrected chi connectivity index (χ3v) is 5.40. The molecule has 0 unspecified atom stereocenters. The maximum atomic E-state index is 12.9. The number of para-hydroxylation sites is 1. The number of alkyl carbamates (subject to hydrolysis) is 1. The zero-order valence-corrected chi connectivity index (χ0v) is 20.5. The third-order valence-electron chi connectivity index (χ3n) is 5.40. The second-order valence-corrected chi connectivity index (χ2v) is 8.81. The van der Waals surface area contributed by atoms with E-state index in [1.54, 1.807) is 24.3 Å². The van der Waals surface area contributed by atoms with Gasteiger partial charge in [0.1, 0.15) is 36.0 Å². The van der Waals surface area contributed by atoms with Crippen LogP contribution in [0, 0.1) is 5.92 Å². The van der Waals surface area contributed by atoms with E-state index in [4.69, 9.17) is 18.6 Å². The molecular weight excluding hydrogens is 474 g/mol. The van der Waals surface area contributed by atoms with E-state index in [1.165, 1.54) is 24.5 Å². The first-order valence-electron chi connectivity index (χ1n) is 11.9. The van der Waals surface area contributed by atoms with Crippen LogP contribution in [0.3, 0.4) is 0 Å². The third kappa shape index (κ3) is 6.98. The molecule has 0 radical (unpaired) electrons. The lowest BCUT2D eigenvalue weighted by Gasteiger charge is -2.19. The summed E-state index contributed by atoms with van der Waals surface area (Å²) in [6.45, 7) is 3.93. The Hall–Kier alpha value is -4.59.